The third kappa shape index (κ3) is 3.53. The number of carbonyl (C=O) groups excluding carboxylic acids is 1. The molecule has 0 aromatic heterocycles. The second-order valence-corrected chi connectivity index (χ2v) is 8.91. The van der Waals surface area contributed by atoms with Gasteiger partial charge in [-0.1, -0.05) is 0 Å². The number of nitrogens with zero attached hydrogens (tertiary/aromatic N) is 1. The number of hydrogen-bond donors (Lipinski definition) is 3. The van der Waals surface area contributed by atoms with Gasteiger partial charge < -0.3 is 16.4 Å². The van der Waals surface area contributed by atoms with Crippen LogP contribution in [0.3, 0.4) is 0 Å². The van der Waals surface area contributed by atoms with Crippen molar-refractivity contribution in [1.82, 2.24) is 5.32 Å². The summed E-state index contributed by atoms with van der Waals surface area (Å²) in [6.45, 7) is 2.22. The van der Waals surface area contributed by atoms with Crippen molar-refractivity contribution >= 4 is 17.3 Å². The Morgan fingerprint density at radius 3 is 2.26 bits per heavy atom. The van der Waals surface area contributed by atoms with Crippen LogP contribution < -0.4 is 16.4 Å². The molecule has 4 fully saturated rings. The van der Waals surface area contributed by atoms with E-state index in [1.54, 1.807) is 30.5 Å². The van der Waals surface area contributed by atoms with Crippen LogP contribution in [-0.2, 0) is 4.79 Å². The SMILES string of the molecule is CC(N/C=C(/C#N)C(=O)Nc1ccc(N)cc1)C12CC3CC(CC(C3)C1)C2. The molecule has 4 N–H and O–H groups in total. The average molecular weight is 364 g/mol. The Morgan fingerprint density at radius 1 is 1.19 bits per heavy atom. The lowest BCUT2D eigenvalue weighted by atomic mass is 9.48. The number of rotatable bonds is 5. The van der Waals surface area contributed by atoms with Gasteiger partial charge in [-0.15, -0.1) is 0 Å². The van der Waals surface area contributed by atoms with Crippen molar-refractivity contribution < 1.29 is 4.79 Å². The van der Waals surface area contributed by atoms with Crippen LogP contribution in [0, 0.1) is 34.5 Å². The fourth-order valence-corrected chi connectivity index (χ4v) is 6.01. The van der Waals surface area contributed by atoms with E-state index in [4.69, 9.17) is 5.73 Å². The van der Waals surface area contributed by atoms with Crippen LogP contribution in [-0.4, -0.2) is 11.9 Å². The van der Waals surface area contributed by atoms with Gasteiger partial charge in [-0.2, -0.15) is 5.26 Å². The maximum Gasteiger partial charge on any atom is 0.267 e. The van der Waals surface area contributed by atoms with Gasteiger partial charge in [0.2, 0.25) is 0 Å². The molecule has 5 rings (SSSR count). The first-order valence-corrected chi connectivity index (χ1v) is 10.0. The van der Waals surface area contributed by atoms with Crippen LogP contribution in [0.25, 0.3) is 0 Å². The van der Waals surface area contributed by atoms with Crippen LogP contribution in [0.4, 0.5) is 11.4 Å². The highest BCUT2D eigenvalue weighted by Gasteiger charge is 2.52. The highest BCUT2D eigenvalue weighted by Crippen LogP contribution is 2.61. The summed E-state index contributed by atoms with van der Waals surface area (Å²) in [5.41, 5.74) is 7.36. The first-order chi connectivity index (χ1) is 13.0. The van der Waals surface area contributed by atoms with Gasteiger partial charge >= 0.3 is 0 Å². The standard InChI is InChI=1S/C22H28N4O/c1-14(22-9-15-6-16(10-22)8-17(7-15)11-22)25-13-18(12-23)21(27)26-20-4-2-19(24)3-5-20/h2-5,13-17,25H,6-11,24H2,1H3,(H,26,27)/b18-13-. The highest BCUT2D eigenvalue weighted by molar-refractivity contribution is 6.06. The maximum absolute atomic E-state index is 12.4. The zero-order chi connectivity index (χ0) is 19.0. The van der Waals surface area contributed by atoms with Crippen molar-refractivity contribution in [1.29, 1.82) is 5.26 Å². The predicted molar refractivity (Wildman–Crippen MR) is 106 cm³/mol. The molecule has 1 amide bonds. The van der Waals surface area contributed by atoms with E-state index < -0.39 is 5.91 Å². The largest absolute Gasteiger partial charge is 0.399 e. The molecule has 0 saturated heterocycles. The minimum absolute atomic E-state index is 0.100. The Morgan fingerprint density at radius 2 is 1.74 bits per heavy atom. The van der Waals surface area contributed by atoms with Crippen molar-refractivity contribution in [3.63, 3.8) is 0 Å². The van der Waals surface area contributed by atoms with Gasteiger partial charge in [-0.3, -0.25) is 4.79 Å². The van der Waals surface area contributed by atoms with E-state index in [1.807, 2.05) is 6.07 Å². The Labute approximate surface area is 161 Å². The molecule has 0 radical (unpaired) electrons. The molecular weight excluding hydrogens is 336 g/mol. The molecule has 142 valence electrons. The van der Waals surface area contributed by atoms with E-state index in [2.05, 4.69) is 17.6 Å². The summed E-state index contributed by atoms with van der Waals surface area (Å²) in [6, 6.07) is 9.20. The van der Waals surface area contributed by atoms with E-state index in [1.165, 1.54) is 38.5 Å². The summed E-state index contributed by atoms with van der Waals surface area (Å²) in [7, 11) is 0. The van der Waals surface area contributed by atoms with Crippen molar-refractivity contribution in [2.24, 2.45) is 23.2 Å². The van der Waals surface area contributed by atoms with E-state index in [0.29, 0.717) is 16.8 Å². The molecule has 5 heteroatoms. The van der Waals surface area contributed by atoms with E-state index in [-0.39, 0.29) is 11.6 Å². The Balaban J connectivity index is 1.42. The second kappa shape index (κ2) is 6.92. The number of nitrogens with two attached hydrogens (primary N) is 1. The Hall–Kier alpha value is -2.48. The number of amides is 1. The average Bonchev–Trinajstić information content (AvgIpc) is 2.63. The van der Waals surface area contributed by atoms with E-state index >= 15 is 0 Å². The molecule has 1 aromatic carbocycles. The van der Waals surface area contributed by atoms with E-state index in [9.17, 15) is 10.1 Å². The number of carbonyl (C=O) groups is 1. The zero-order valence-corrected chi connectivity index (χ0v) is 15.9. The number of nitrogen functional groups attached to an aromatic ring is 1. The van der Waals surface area contributed by atoms with Crippen LogP contribution in [0.5, 0.6) is 0 Å². The first kappa shape index (κ1) is 17.9. The molecule has 1 aromatic rings. The van der Waals surface area contributed by atoms with Crippen molar-refractivity contribution in [2.45, 2.75) is 51.5 Å². The lowest BCUT2D eigenvalue weighted by Gasteiger charge is -2.59. The van der Waals surface area contributed by atoms with Gasteiger partial charge in [0.1, 0.15) is 11.6 Å². The molecule has 0 spiro atoms. The van der Waals surface area contributed by atoms with Crippen molar-refractivity contribution in [2.75, 3.05) is 11.1 Å². The number of nitrogens with one attached hydrogen (secondary N) is 2. The summed E-state index contributed by atoms with van der Waals surface area (Å²) >= 11 is 0. The molecule has 4 bridgehead atoms. The third-order valence-corrected chi connectivity index (χ3v) is 7.02. The summed E-state index contributed by atoms with van der Waals surface area (Å²) in [4.78, 5) is 12.4. The monoisotopic (exact) mass is 364 g/mol. The Kier molecular flexibility index (Phi) is 4.59. The number of nitriles is 1. The van der Waals surface area contributed by atoms with Gasteiger partial charge in [0.05, 0.1) is 0 Å². The van der Waals surface area contributed by atoms with E-state index in [0.717, 1.165) is 17.8 Å². The molecule has 1 unspecified atom stereocenters. The van der Waals surface area contributed by atoms with Crippen molar-refractivity contribution in [3.8, 4) is 6.07 Å². The molecule has 5 nitrogen and oxygen atoms in total. The molecule has 4 aliphatic rings. The highest BCUT2D eigenvalue weighted by atomic mass is 16.1. The quantitative estimate of drug-likeness (QED) is 0.421. The maximum atomic E-state index is 12.4. The second-order valence-electron chi connectivity index (χ2n) is 8.91. The Bertz CT molecular complexity index is 754. The summed E-state index contributed by atoms with van der Waals surface area (Å²) in [5, 5.41) is 15.6. The minimum atomic E-state index is -0.396. The van der Waals surface area contributed by atoms with Crippen LogP contribution in [0.15, 0.2) is 36.0 Å². The van der Waals surface area contributed by atoms with Gasteiger partial charge in [0.15, 0.2) is 0 Å². The third-order valence-electron chi connectivity index (χ3n) is 7.02. The number of hydrogen-bond acceptors (Lipinski definition) is 4. The zero-order valence-electron chi connectivity index (χ0n) is 15.9. The summed E-state index contributed by atoms with van der Waals surface area (Å²) in [6.07, 6.45) is 9.72. The minimum Gasteiger partial charge on any atom is -0.399 e. The van der Waals surface area contributed by atoms with Gasteiger partial charge in [-0.05, 0) is 92.9 Å². The molecule has 4 saturated carbocycles. The van der Waals surface area contributed by atoms with Crippen LogP contribution >= 0.6 is 0 Å². The number of benzene rings is 1. The molecule has 27 heavy (non-hydrogen) atoms. The van der Waals surface area contributed by atoms with Crippen molar-refractivity contribution in [3.05, 3.63) is 36.0 Å². The molecular formula is C22H28N4O. The summed E-state index contributed by atoms with van der Waals surface area (Å²) < 4.78 is 0. The van der Waals surface area contributed by atoms with Crippen LogP contribution in [0.2, 0.25) is 0 Å². The topological polar surface area (TPSA) is 90.9 Å². The number of anilines is 2. The molecule has 4 aliphatic carbocycles. The molecule has 1 atom stereocenters. The fraction of sp³-hybridized carbons (Fsp3) is 0.545. The first-order valence-electron chi connectivity index (χ1n) is 10.0. The smallest absolute Gasteiger partial charge is 0.267 e. The normalized spacial score (nSPS) is 32.6. The van der Waals surface area contributed by atoms with Gasteiger partial charge in [0.25, 0.3) is 5.91 Å². The predicted octanol–water partition coefficient (Wildman–Crippen LogP) is 3.81. The molecule has 0 heterocycles. The fourth-order valence-electron chi connectivity index (χ4n) is 6.01. The van der Waals surface area contributed by atoms with Gasteiger partial charge in [0, 0.05) is 23.6 Å². The lowest BCUT2D eigenvalue weighted by Crippen LogP contribution is -2.54. The summed E-state index contributed by atoms with van der Waals surface area (Å²) in [5.74, 6) is 2.25. The van der Waals surface area contributed by atoms with Gasteiger partial charge in [-0.25, -0.2) is 0 Å². The lowest BCUT2D eigenvalue weighted by molar-refractivity contribution is -0.112. The van der Waals surface area contributed by atoms with Crippen LogP contribution in [0.1, 0.15) is 45.4 Å². The molecule has 0 aliphatic heterocycles.